The Balaban J connectivity index is 0.000000182. The smallest absolute Gasteiger partial charge is 0.125 e. The molecule has 0 aliphatic heterocycles. The van der Waals surface area contributed by atoms with Gasteiger partial charge in [0.25, 0.3) is 0 Å². The van der Waals surface area contributed by atoms with Gasteiger partial charge in [0.05, 0.1) is 37.3 Å². The first kappa shape index (κ1) is 51.7. The quantitative estimate of drug-likeness (QED) is 0.0756. The van der Waals surface area contributed by atoms with E-state index in [9.17, 15) is 20.4 Å². The van der Waals surface area contributed by atoms with Crippen LogP contribution in [0, 0.1) is 55.4 Å². The second-order valence-electron chi connectivity index (χ2n) is 19.7. The van der Waals surface area contributed by atoms with Crippen LogP contribution < -0.4 is 18.9 Å². The Morgan fingerprint density at radius 2 is 0.459 bits per heavy atom. The standard InChI is InChI=1S/2C33H34O4/c2*1-21-17-25(18-22(2)31(21)36-15-13-34)33(26-19-23(3)32(24(4)20-26)37-16-14-35)29-11-7-5-9-27(29)28-10-6-8-12-30(28)33/h2*5-12,17-20,34-35H,13-16H2,1-4H3. The van der Waals surface area contributed by atoms with Gasteiger partial charge in [-0.15, -0.1) is 0 Å². The molecule has 74 heavy (non-hydrogen) atoms. The van der Waals surface area contributed by atoms with Crippen LogP contribution in [0.4, 0.5) is 0 Å². The van der Waals surface area contributed by atoms with Gasteiger partial charge in [-0.25, -0.2) is 0 Å². The molecule has 0 fully saturated rings. The van der Waals surface area contributed by atoms with Gasteiger partial charge < -0.3 is 39.4 Å². The summed E-state index contributed by atoms with van der Waals surface area (Å²) in [4.78, 5) is 0. The van der Waals surface area contributed by atoms with Gasteiger partial charge in [0.15, 0.2) is 0 Å². The van der Waals surface area contributed by atoms with Crippen LogP contribution in [0.2, 0.25) is 0 Å². The maximum absolute atomic E-state index is 9.32. The van der Waals surface area contributed by atoms with Crippen molar-refractivity contribution < 1.29 is 39.4 Å². The predicted molar refractivity (Wildman–Crippen MR) is 296 cm³/mol. The number of aryl methyl sites for hydroxylation is 8. The van der Waals surface area contributed by atoms with Gasteiger partial charge in [-0.3, -0.25) is 0 Å². The number of rotatable bonds is 16. The fourth-order valence-corrected chi connectivity index (χ4v) is 12.2. The molecule has 0 bridgehead atoms. The van der Waals surface area contributed by atoms with Crippen molar-refractivity contribution in [2.45, 2.75) is 66.2 Å². The normalized spacial score (nSPS) is 13.2. The first-order valence-electron chi connectivity index (χ1n) is 25.7. The van der Waals surface area contributed by atoms with Crippen molar-refractivity contribution in [3.8, 4) is 45.3 Å². The molecule has 0 atom stereocenters. The lowest BCUT2D eigenvalue weighted by Crippen LogP contribution is -2.29. The second-order valence-corrected chi connectivity index (χ2v) is 19.7. The molecule has 0 unspecified atom stereocenters. The first-order chi connectivity index (χ1) is 35.9. The van der Waals surface area contributed by atoms with Crippen LogP contribution in [0.1, 0.15) is 89.0 Å². The summed E-state index contributed by atoms with van der Waals surface area (Å²) in [6.45, 7) is 17.6. The van der Waals surface area contributed by atoms with Crippen LogP contribution in [0.15, 0.2) is 146 Å². The Morgan fingerprint density at radius 3 is 0.635 bits per heavy atom. The van der Waals surface area contributed by atoms with Gasteiger partial charge in [-0.05, 0) is 167 Å². The highest BCUT2D eigenvalue weighted by atomic mass is 16.5. The number of ether oxygens (including phenoxy) is 4. The zero-order valence-electron chi connectivity index (χ0n) is 43.9. The van der Waals surface area contributed by atoms with E-state index in [-0.39, 0.29) is 52.9 Å². The third kappa shape index (κ3) is 8.83. The molecular weight excluding hydrogens is 921 g/mol. The molecular formula is C66H68O8. The SMILES string of the molecule is Cc1cc(C2(c3cc(C)c(OCCO)c(C)c3)c3ccccc3-c3ccccc32)cc(C)c1OCCO.Cc1cc(C2(c3cc(C)c(OCCO)c(C)c3)c3ccccc3-c3ccccc32)cc(C)c1OCCO. The van der Waals surface area contributed by atoms with Gasteiger partial charge in [-0.1, -0.05) is 146 Å². The Bertz CT molecular complexity index is 2810. The lowest BCUT2D eigenvalue weighted by Gasteiger charge is -2.35. The van der Waals surface area contributed by atoms with E-state index in [4.69, 9.17) is 18.9 Å². The molecule has 0 spiro atoms. The van der Waals surface area contributed by atoms with Crippen molar-refractivity contribution in [2.75, 3.05) is 52.9 Å². The Morgan fingerprint density at radius 1 is 0.284 bits per heavy atom. The van der Waals surface area contributed by atoms with E-state index in [0.29, 0.717) is 0 Å². The molecule has 4 N–H and O–H groups in total. The summed E-state index contributed by atoms with van der Waals surface area (Å²) in [6.07, 6.45) is 0. The highest BCUT2D eigenvalue weighted by Crippen LogP contribution is 2.59. The number of hydrogen-bond donors (Lipinski definition) is 4. The van der Waals surface area contributed by atoms with E-state index in [0.717, 1.165) is 67.5 Å². The summed E-state index contributed by atoms with van der Waals surface area (Å²) in [5.74, 6) is 3.31. The van der Waals surface area contributed by atoms with Crippen molar-refractivity contribution >= 4 is 0 Å². The van der Waals surface area contributed by atoms with Crippen LogP contribution >= 0.6 is 0 Å². The number of benzene rings is 8. The molecule has 0 amide bonds. The Kier molecular flexibility index (Phi) is 15.2. The zero-order chi connectivity index (χ0) is 52.3. The van der Waals surface area contributed by atoms with Gasteiger partial charge in [0, 0.05) is 0 Å². The second kappa shape index (κ2) is 21.7. The molecule has 2 aliphatic carbocycles. The number of hydrogen-bond acceptors (Lipinski definition) is 8. The molecule has 8 aromatic rings. The molecule has 0 saturated carbocycles. The predicted octanol–water partition coefficient (Wildman–Crippen LogP) is 12.1. The van der Waals surface area contributed by atoms with E-state index in [2.05, 4.69) is 201 Å². The highest BCUT2D eigenvalue weighted by Gasteiger charge is 2.48. The van der Waals surface area contributed by atoms with Crippen molar-refractivity contribution in [1.82, 2.24) is 0 Å². The van der Waals surface area contributed by atoms with Crippen LogP contribution in [-0.4, -0.2) is 73.3 Å². The van der Waals surface area contributed by atoms with Crippen molar-refractivity contribution in [3.63, 3.8) is 0 Å². The molecule has 2 aliphatic rings. The zero-order valence-corrected chi connectivity index (χ0v) is 43.9. The van der Waals surface area contributed by atoms with Gasteiger partial charge in [0.1, 0.15) is 49.4 Å². The molecule has 0 aromatic heterocycles. The average molecular weight is 989 g/mol. The molecule has 8 heteroatoms. The van der Waals surface area contributed by atoms with E-state index < -0.39 is 10.8 Å². The monoisotopic (exact) mass is 988 g/mol. The van der Waals surface area contributed by atoms with E-state index in [1.54, 1.807) is 0 Å². The maximum atomic E-state index is 9.32. The Labute approximate surface area is 436 Å². The Hall–Kier alpha value is -7.20. The summed E-state index contributed by atoms with van der Waals surface area (Å²) < 4.78 is 23.7. The summed E-state index contributed by atoms with van der Waals surface area (Å²) in [5.41, 5.74) is 22.0. The minimum Gasteiger partial charge on any atom is -0.491 e. The third-order valence-corrected chi connectivity index (χ3v) is 14.8. The van der Waals surface area contributed by atoms with E-state index in [1.807, 2.05) is 0 Å². The van der Waals surface area contributed by atoms with E-state index in [1.165, 1.54) is 66.8 Å². The minimum absolute atomic E-state index is 0.0193. The van der Waals surface area contributed by atoms with Crippen molar-refractivity contribution in [2.24, 2.45) is 0 Å². The van der Waals surface area contributed by atoms with Crippen LogP contribution in [0.25, 0.3) is 22.3 Å². The van der Waals surface area contributed by atoms with Crippen LogP contribution in [0.3, 0.4) is 0 Å². The number of aliphatic hydroxyl groups excluding tert-OH is 4. The first-order valence-corrected chi connectivity index (χ1v) is 25.7. The molecule has 8 nitrogen and oxygen atoms in total. The van der Waals surface area contributed by atoms with Gasteiger partial charge in [-0.2, -0.15) is 0 Å². The number of aliphatic hydroxyl groups is 4. The van der Waals surface area contributed by atoms with Crippen LogP contribution in [0.5, 0.6) is 23.0 Å². The highest BCUT2D eigenvalue weighted by molar-refractivity contribution is 5.88. The lowest BCUT2D eigenvalue weighted by atomic mass is 9.66. The van der Waals surface area contributed by atoms with Gasteiger partial charge in [0.2, 0.25) is 0 Å². The van der Waals surface area contributed by atoms with Crippen LogP contribution in [-0.2, 0) is 10.8 Å². The maximum Gasteiger partial charge on any atom is 0.125 e. The van der Waals surface area contributed by atoms with Gasteiger partial charge >= 0.3 is 0 Å². The molecule has 0 radical (unpaired) electrons. The van der Waals surface area contributed by atoms with Crippen molar-refractivity contribution in [3.05, 3.63) is 235 Å². The largest absolute Gasteiger partial charge is 0.491 e. The molecule has 380 valence electrons. The number of fused-ring (bicyclic) bond motifs is 6. The summed E-state index contributed by atoms with van der Waals surface area (Å²) >= 11 is 0. The van der Waals surface area contributed by atoms with Crippen molar-refractivity contribution in [1.29, 1.82) is 0 Å². The molecule has 0 heterocycles. The topological polar surface area (TPSA) is 118 Å². The molecule has 10 rings (SSSR count). The summed E-state index contributed by atoms with van der Waals surface area (Å²) in [7, 11) is 0. The molecule has 8 aromatic carbocycles. The lowest BCUT2D eigenvalue weighted by molar-refractivity contribution is 0.200. The summed E-state index contributed by atoms with van der Waals surface area (Å²) in [6, 6.07) is 52.6. The fourth-order valence-electron chi connectivity index (χ4n) is 12.2. The molecule has 0 saturated heterocycles. The summed E-state index contributed by atoms with van der Waals surface area (Å²) in [5, 5.41) is 37.3. The third-order valence-electron chi connectivity index (χ3n) is 14.8. The fraction of sp³-hybridized carbons (Fsp3) is 0.273. The van der Waals surface area contributed by atoms with E-state index >= 15 is 0 Å². The minimum atomic E-state index is -0.525. The average Bonchev–Trinajstić information content (AvgIpc) is 3.88.